The Kier molecular flexibility index (Phi) is 5.06. The first-order valence-corrected chi connectivity index (χ1v) is 7.12. The predicted molar refractivity (Wildman–Crippen MR) is 76.5 cm³/mol. The fourth-order valence-electron chi connectivity index (χ4n) is 2.70. The van der Waals surface area contributed by atoms with Crippen LogP contribution < -0.4 is 10.2 Å². The van der Waals surface area contributed by atoms with Crippen molar-refractivity contribution in [2.24, 2.45) is 5.92 Å². The van der Waals surface area contributed by atoms with Crippen LogP contribution in [0, 0.1) is 27.7 Å². The number of rotatable bonds is 5. The van der Waals surface area contributed by atoms with Gasteiger partial charge in [-0.15, -0.1) is 0 Å². The second kappa shape index (κ2) is 6.80. The van der Waals surface area contributed by atoms with Gasteiger partial charge in [0.05, 0.1) is 4.92 Å². The molecule has 1 N–H and O–H groups in total. The van der Waals surface area contributed by atoms with Crippen LogP contribution in [0.2, 0.25) is 0 Å². The van der Waals surface area contributed by atoms with Gasteiger partial charge in [0.1, 0.15) is 11.5 Å². The van der Waals surface area contributed by atoms with Gasteiger partial charge in [-0.2, -0.15) is 4.39 Å². The van der Waals surface area contributed by atoms with Crippen LogP contribution in [0.25, 0.3) is 0 Å². The summed E-state index contributed by atoms with van der Waals surface area (Å²) in [5.74, 6) is -1.41. The summed E-state index contributed by atoms with van der Waals surface area (Å²) in [5, 5.41) is 14.3. The number of nitrogens with one attached hydrogen (secondary N) is 1. The Morgan fingerprint density at radius 2 is 2.05 bits per heavy atom. The fourth-order valence-corrected chi connectivity index (χ4v) is 2.70. The van der Waals surface area contributed by atoms with Crippen LogP contribution in [0.1, 0.15) is 19.8 Å². The van der Waals surface area contributed by atoms with E-state index in [4.69, 9.17) is 0 Å². The van der Waals surface area contributed by atoms with Crippen LogP contribution in [0.4, 0.5) is 20.2 Å². The van der Waals surface area contributed by atoms with Crippen LogP contribution in [0.15, 0.2) is 12.1 Å². The molecule has 1 aliphatic heterocycles. The van der Waals surface area contributed by atoms with Crippen LogP contribution in [0.5, 0.6) is 0 Å². The predicted octanol–water partition coefficient (Wildman–Crippen LogP) is 2.70. The highest BCUT2D eigenvalue weighted by Gasteiger charge is 2.28. The molecule has 1 saturated heterocycles. The van der Waals surface area contributed by atoms with Gasteiger partial charge < -0.3 is 10.2 Å². The van der Waals surface area contributed by atoms with E-state index in [1.54, 1.807) is 4.90 Å². The van der Waals surface area contributed by atoms with Crippen LogP contribution >= 0.6 is 0 Å². The molecule has 0 aliphatic carbocycles. The zero-order valence-electron chi connectivity index (χ0n) is 11.9. The normalized spacial score (nSPS) is 16.2. The van der Waals surface area contributed by atoms with Crippen molar-refractivity contribution in [3.05, 3.63) is 33.9 Å². The van der Waals surface area contributed by atoms with Crippen LogP contribution in [0.3, 0.4) is 0 Å². The first-order chi connectivity index (χ1) is 10.0. The highest BCUT2D eigenvalue weighted by atomic mass is 19.1. The second-order valence-corrected chi connectivity index (χ2v) is 5.25. The first kappa shape index (κ1) is 15.6. The molecule has 2 rings (SSSR count). The fraction of sp³-hybridized carbons (Fsp3) is 0.571. The molecule has 0 unspecified atom stereocenters. The van der Waals surface area contributed by atoms with Gasteiger partial charge >= 0.3 is 5.69 Å². The van der Waals surface area contributed by atoms with Gasteiger partial charge in [0.25, 0.3) is 0 Å². The minimum atomic E-state index is -1.12. The lowest BCUT2D eigenvalue weighted by Crippen LogP contribution is -2.37. The van der Waals surface area contributed by atoms with E-state index in [2.05, 4.69) is 5.32 Å². The molecule has 1 aromatic carbocycles. The Morgan fingerprint density at radius 3 is 2.62 bits per heavy atom. The molecular weight excluding hydrogens is 280 g/mol. The maximum atomic E-state index is 13.6. The maximum Gasteiger partial charge on any atom is 0.328 e. The third-order valence-corrected chi connectivity index (χ3v) is 3.83. The molecule has 1 aliphatic rings. The Bertz CT molecular complexity index is 517. The van der Waals surface area contributed by atoms with E-state index >= 15 is 0 Å². The topological polar surface area (TPSA) is 58.4 Å². The van der Waals surface area contributed by atoms with Crippen molar-refractivity contribution in [3.63, 3.8) is 0 Å². The summed E-state index contributed by atoms with van der Waals surface area (Å²) < 4.78 is 27.0. The number of piperidine rings is 1. The molecule has 1 heterocycles. The van der Waals surface area contributed by atoms with E-state index in [0.717, 1.165) is 32.0 Å². The van der Waals surface area contributed by atoms with Crippen molar-refractivity contribution in [3.8, 4) is 0 Å². The molecule has 0 bridgehead atoms. The molecular formula is C14H19F2N3O2. The highest BCUT2D eigenvalue weighted by molar-refractivity contribution is 5.64. The molecule has 1 fully saturated rings. The number of halogens is 2. The molecule has 0 amide bonds. The van der Waals surface area contributed by atoms with Crippen molar-refractivity contribution < 1.29 is 13.7 Å². The summed E-state index contributed by atoms with van der Waals surface area (Å²) in [6.07, 6.45) is 1.70. The van der Waals surface area contributed by atoms with Crippen LogP contribution in [-0.4, -0.2) is 31.1 Å². The lowest BCUT2D eigenvalue weighted by Gasteiger charge is -2.33. The summed E-state index contributed by atoms with van der Waals surface area (Å²) in [6.45, 7) is 4.98. The average molecular weight is 299 g/mol. The smallest absolute Gasteiger partial charge is 0.328 e. The molecule has 5 nitrogen and oxygen atoms in total. The third kappa shape index (κ3) is 3.66. The number of nitrogens with zero attached hydrogens (tertiary/aromatic N) is 2. The van der Waals surface area contributed by atoms with E-state index in [9.17, 15) is 18.9 Å². The standard InChI is InChI=1S/C14H19F2N3O2/c1-2-17-9-10-3-5-18(6-4-10)13-8-11(15)7-12(16)14(13)19(20)21/h7-8,10,17H,2-6,9H2,1H3. The number of hydrogen-bond acceptors (Lipinski definition) is 4. The monoisotopic (exact) mass is 299 g/mol. The van der Waals surface area contributed by atoms with E-state index in [1.165, 1.54) is 0 Å². The van der Waals surface area contributed by atoms with Gasteiger partial charge in [-0.3, -0.25) is 10.1 Å². The van der Waals surface area contributed by atoms with E-state index in [0.29, 0.717) is 25.1 Å². The van der Waals surface area contributed by atoms with Crippen molar-refractivity contribution in [1.82, 2.24) is 5.32 Å². The van der Waals surface area contributed by atoms with E-state index in [-0.39, 0.29) is 5.69 Å². The largest absolute Gasteiger partial charge is 0.366 e. The number of hydrogen-bond donors (Lipinski definition) is 1. The summed E-state index contributed by atoms with van der Waals surface area (Å²) in [5.41, 5.74) is -0.596. The quantitative estimate of drug-likeness (QED) is 0.671. The highest BCUT2D eigenvalue weighted by Crippen LogP contribution is 2.34. The minimum Gasteiger partial charge on any atom is -0.366 e. The van der Waals surface area contributed by atoms with Crippen LogP contribution in [-0.2, 0) is 0 Å². The summed E-state index contributed by atoms with van der Waals surface area (Å²) in [6, 6.07) is 1.60. The molecule has 1 aromatic rings. The Labute approximate surface area is 122 Å². The number of nitro benzene ring substituents is 1. The summed E-state index contributed by atoms with van der Waals surface area (Å²) in [4.78, 5) is 11.9. The third-order valence-electron chi connectivity index (χ3n) is 3.83. The van der Waals surface area contributed by atoms with Crippen molar-refractivity contribution in [2.45, 2.75) is 19.8 Å². The molecule has 7 heteroatoms. The van der Waals surface area contributed by atoms with Crippen molar-refractivity contribution in [1.29, 1.82) is 0 Å². The SMILES string of the molecule is CCNCC1CCN(c2cc(F)cc(F)c2[N+](=O)[O-])CC1. The van der Waals surface area contributed by atoms with E-state index < -0.39 is 22.2 Å². The second-order valence-electron chi connectivity index (χ2n) is 5.25. The Hall–Kier alpha value is -1.76. The number of nitro groups is 1. The first-order valence-electron chi connectivity index (χ1n) is 7.12. The number of anilines is 1. The van der Waals surface area contributed by atoms with Crippen molar-refractivity contribution >= 4 is 11.4 Å². The average Bonchev–Trinajstić information content (AvgIpc) is 2.44. The summed E-state index contributed by atoms with van der Waals surface area (Å²) >= 11 is 0. The zero-order chi connectivity index (χ0) is 15.4. The maximum absolute atomic E-state index is 13.6. The number of benzene rings is 1. The molecule has 0 spiro atoms. The lowest BCUT2D eigenvalue weighted by molar-refractivity contribution is -0.386. The molecule has 0 aromatic heterocycles. The molecule has 116 valence electrons. The van der Waals surface area contributed by atoms with Gasteiger partial charge in [0, 0.05) is 25.2 Å². The lowest BCUT2D eigenvalue weighted by atomic mass is 9.96. The molecule has 0 radical (unpaired) electrons. The van der Waals surface area contributed by atoms with Gasteiger partial charge in [0.2, 0.25) is 5.82 Å². The van der Waals surface area contributed by atoms with Crippen molar-refractivity contribution in [2.75, 3.05) is 31.1 Å². The minimum absolute atomic E-state index is 0.0411. The molecule has 0 atom stereocenters. The Morgan fingerprint density at radius 1 is 1.38 bits per heavy atom. The zero-order valence-corrected chi connectivity index (χ0v) is 11.9. The summed E-state index contributed by atoms with van der Waals surface area (Å²) in [7, 11) is 0. The molecule has 21 heavy (non-hydrogen) atoms. The Balaban J connectivity index is 2.14. The van der Waals surface area contributed by atoms with Gasteiger partial charge in [-0.1, -0.05) is 6.92 Å². The molecule has 0 saturated carbocycles. The van der Waals surface area contributed by atoms with Gasteiger partial charge in [0.15, 0.2) is 0 Å². The van der Waals surface area contributed by atoms with E-state index in [1.807, 2.05) is 6.92 Å². The van der Waals surface area contributed by atoms with Gasteiger partial charge in [-0.25, -0.2) is 4.39 Å². The van der Waals surface area contributed by atoms with Gasteiger partial charge in [-0.05, 0) is 31.8 Å².